The van der Waals surface area contributed by atoms with E-state index >= 15 is 0 Å². The van der Waals surface area contributed by atoms with Gasteiger partial charge in [-0.3, -0.25) is 0 Å². The van der Waals surface area contributed by atoms with Crippen LogP contribution in [-0.2, 0) is 6.42 Å². The third-order valence-corrected chi connectivity index (χ3v) is 3.26. The van der Waals surface area contributed by atoms with E-state index in [9.17, 15) is 0 Å². The first-order chi connectivity index (χ1) is 8.60. The maximum Gasteiger partial charge on any atom is 0.320 e. The van der Waals surface area contributed by atoms with Gasteiger partial charge in [-0.15, -0.1) is 16.7 Å². The molecule has 2 rings (SSSR count). The summed E-state index contributed by atoms with van der Waals surface area (Å²) in [4.78, 5) is 0. The monoisotopic (exact) mass is 369 g/mol. The first kappa shape index (κ1) is 13.9. The fourth-order valence-electron chi connectivity index (χ4n) is 1.25. The second-order valence-electron chi connectivity index (χ2n) is 3.31. The van der Waals surface area contributed by atoms with Crippen LogP contribution in [0.2, 0.25) is 10.0 Å². The number of rotatable bonds is 4. The Morgan fingerprint density at radius 1 is 1.22 bits per heavy atom. The fraction of sp³-hybridized carbons (Fsp3) is 0.200. The number of halogens is 4. The average molecular weight is 371 g/mol. The van der Waals surface area contributed by atoms with Gasteiger partial charge in [0.1, 0.15) is 0 Å². The van der Waals surface area contributed by atoms with Crippen LogP contribution in [0.5, 0.6) is 0 Å². The molecular formula is C10H7BrCl3N3O. The summed E-state index contributed by atoms with van der Waals surface area (Å²) < 4.78 is 6.11. The molecule has 0 spiro atoms. The Labute approximate surface area is 127 Å². The summed E-state index contributed by atoms with van der Waals surface area (Å²) in [5.74, 6) is 0.874. The normalized spacial score (nSPS) is 10.7. The van der Waals surface area contributed by atoms with Crippen molar-refractivity contribution < 1.29 is 4.42 Å². The number of nitrogens with one attached hydrogen (secondary N) is 1. The van der Waals surface area contributed by atoms with Crippen LogP contribution in [0.3, 0.4) is 0 Å². The highest BCUT2D eigenvalue weighted by atomic mass is 79.9. The zero-order valence-electron chi connectivity index (χ0n) is 8.88. The van der Waals surface area contributed by atoms with Crippen molar-refractivity contribution in [2.75, 3.05) is 11.2 Å². The zero-order chi connectivity index (χ0) is 13.1. The number of anilines is 2. The van der Waals surface area contributed by atoms with Gasteiger partial charge in [0, 0.05) is 16.8 Å². The van der Waals surface area contributed by atoms with Gasteiger partial charge >= 0.3 is 6.01 Å². The van der Waals surface area contributed by atoms with E-state index in [1.54, 1.807) is 12.1 Å². The standard InChI is InChI=1S/C10H7BrCl3N3O/c11-5-3-6(13)9(7(14)4-5)15-10-17-16-8(18-10)1-2-12/h3-4H,1-2H2,(H,15,17). The van der Waals surface area contributed by atoms with Crippen LogP contribution in [-0.4, -0.2) is 16.1 Å². The highest BCUT2D eigenvalue weighted by Crippen LogP contribution is 2.35. The van der Waals surface area contributed by atoms with Gasteiger partial charge in [-0.1, -0.05) is 44.2 Å². The van der Waals surface area contributed by atoms with Crippen molar-refractivity contribution in [3.8, 4) is 0 Å². The topological polar surface area (TPSA) is 51.0 Å². The van der Waals surface area contributed by atoms with Gasteiger partial charge in [0.25, 0.3) is 0 Å². The summed E-state index contributed by atoms with van der Waals surface area (Å²) in [6, 6.07) is 3.65. The van der Waals surface area contributed by atoms with Crippen molar-refractivity contribution in [2.45, 2.75) is 6.42 Å². The van der Waals surface area contributed by atoms with Crippen molar-refractivity contribution in [3.63, 3.8) is 0 Å². The van der Waals surface area contributed by atoms with Gasteiger partial charge in [-0.05, 0) is 12.1 Å². The number of aryl methyl sites for hydroxylation is 1. The van der Waals surface area contributed by atoms with E-state index in [0.717, 1.165) is 4.47 Å². The van der Waals surface area contributed by atoms with Crippen LogP contribution in [0.15, 0.2) is 21.0 Å². The van der Waals surface area contributed by atoms with Crippen LogP contribution in [0, 0.1) is 0 Å². The molecule has 18 heavy (non-hydrogen) atoms. The molecule has 0 bridgehead atoms. The Morgan fingerprint density at radius 2 is 1.89 bits per heavy atom. The first-order valence-corrected chi connectivity index (χ1v) is 6.98. The van der Waals surface area contributed by atoms with Crippen LogP contribution in [0.4, 0.5) is 11.7 Å². The molecule has 0 fully saturated rings. The van der Waals surface area contributed by atoms with E-state index in [1.165, 1.54) is 0 Å². The van der Waals surface area contributed by atoms with E-state index in [2.05, 4.69) is 31.4 Å². The minimum Gasteiger partial charge on any atom is -0.408 e. The molecule has 0 saturated heterocycles. The van der Waals surface area contributed by atoms with E-state index in [-0.39, 0.29) is 6.01 Å². The van der Waals surface area contributed by atoms with Gasteiger partial charge in [0.05, 0.1) is 15.7 Å². The Morgan fingerprint density at radius 3 is 2.50 bits per heavy atom. The SMILES string of the molecule is ClCCc1nnc(Nc2c(Cl)cc(Br)cc2Cl)o1. The lowest BCUT2D eigenvalue weighted by Gasteiger charge is -2.07. The van der Waals surface area contributed by atoms with Crippen LogP contribution >= 0.6 is 50.7 Å². The van der Waals surface area contributed by atoms with Crippen LogP contribution < -0.4 is 5.32 Å². The highest BCUT2D eigenvalue weighted by Gasteiger charge is 2.11. The summed E-state index contributed by atoms with van der Waals surface area (Å²) >= 11 is 21.0. The van der Waals surface area contributed by atoms with Gasteiger partial charge in [0.15, 0.2) is 0 Å². The minimum absolute atomic E-state index is 0.223. The lowest BCUT2D eigenvalue weighted by molar-refractivity contribution is 0.516. The molecule has 0 aliphatic heterocycles. The number of benzene rings is 1. The lowest BCUT2D eigenvalue weighted by atomic mass is 10.3. The molecule has 0 unspecified atom stereocenters. The van der Waals surface area contributed by atoms with Gasteiger partial charge in [0.2, 0.25) is 5.89 Å². The summed E-state index contributed by atoms with van der Waals surface area (Å²) in [6.07, 6.45) is 0.512. The number of aromatic nitrogens is 2. The Bertz CT molecular complexity index is 538. The Balaban J connectivity index is 2.22. The summed E-state index contributed by atoms with van der Waals surface area (Å²) in [5.41, 5.74) is 0.516. The molecule has 4 nitrogen and oxygen atoms in total. The molecule has 0 amide bonds. The number of hydrogen-bond donors (Lipinski definition) is 1. The van der Waals surface area contributed by atoms with Crippen LogP contribution in [0.1, 0.15) is 5.89 Å². The maximum atomic E-state index is 6.06. The molecule has 8 heteroatoms. The number of hydrogen-bond acceptors (Lipinski definition) is 4. The van der Waals surface area contributed by atoms with Crippen molar-refractivity contribution in [3.05, 3.63) is 32.5 Å². The highest BCUT2D eigenvalue weighted by molar-refractivity contribution is 9.10. The fourth-order valence-corrected chi connectivity index (χ4v) is 2.72. The predicted molar refractivity (Wildman–Crippen MR) is 76.2 cm³/mol. The van der Waals surface area contributed by atoms with E-state index < -0.39 is 0 Å². The molecule has 1 heterocycles. The third-order valence-electron chi connectivity index (χ3n) is 2.01. The molecular weight excluding hydrogens is 364 g/mol. The summed E-state index contributed by atoms with van der Waals surface area (Å²) in [5, 5.41) is 11.4. The maximum absolute atomic E-state index is 6.06. The summed E-state index contributed by atoms with van der Waals surface area (Å²) in [6.45, 7) is 0. The molecule has 1 aromatic carbocycles. The molecule has 96 valence electrons. The second kappa shape index (κ2) is 6.10. The second-order valence-corrected chi connectivity index (χ2v) is 5.42. The zero-order valence-corrected chi connectivity index (χ0v) is 12.7. The molecule has 0 aliphatic rings. The van der Waals surface area contributed by atoms with Gasteiger partial charge in [-0.25, -0.2) is 0 Å². The van der Waals surface area contributed by atoms with Crippen molar-refractivity contribution in [2.24, 2.45) is 0 Å². The summed E-state index contributed by atoms with van der Waals surface area (Å²) in [7, 11) is 0. The van der Waals surface area contributed by atoms with Crippen molar-refractivity contribution in [1.29, 1.82) is 0 Å². The van der Waals surface area contributed by atoms with Gasteiger partial charge in [-0.2, -0.15) is 0 Å². The lowest BCUT2D eigenvalue weighted by Crippen LogP contribution is -1.92. The Hall–Kier alpha value is -0.490. The first-order valence-electron chi connectivity index (χ1n) is 4.90. The number of alkyl halides is 1. The van der Waals surface area contributed by atoms with E-state index in [0.29, 0.717) is 33.9 Å². The molecule has 2 aromatic rings. The molecule has 1 aromatic heterocycles. The largest absolute Gasteiger partial charge is 0.408 e. The molecule has 0 radical (unpaired) electrons. The van der Waals surface area contributed by atoms with Crippen molar-refractivity contribution >= 4 is 62.4 Å². The predicted octanol–water partition coefficient (Wildman–Crippen LogP) is 4.66. The number of nitrogens with zero attached hydrogens (tertiary/aromatic N) is 2. The van der Waals surface area contributed by atoms with Crippen LogP contribution in [0.25, 0.3) is 0 Å². The molecule has 0 aliphatic carbocycles. The van der Waals surface area contributed by atoms with E-state index in [4.69, 9.17) is 39.2 Å². The molecule has 0 saturated carbocycles. The smallest absolute Gasteiger partial charge is 0.320 e. The quantitative estimate of drug-likeness (QED) is 0.794. The van der Waals surface area contributed by atoms with Gasteiger partial charge < -0.3 is 9.73 Å². The average Bonchev–Trinajstić information content (AvgIpc) is 2.72. The molecule has 0 atom stereocenters. The Kier molecular flexibility index (Phi) is 4.72. The third kappa shape index (κ3) is 3.29. The van der Waals surface area contributed by atoms with E-state index in [1.807, 2.05) is 0 Å². The van der Waals surface area contributed by atoms with Crippen molar-refractivity contribution in [1.82, 2.24) is 10.2 Å². The minimum atomic E-state index is 0.223. The molecule has 1 N–H and O–H groups in total.